The van der Waals surface area contributed by atoms with Gasteiger partial charge in [-0.25, -0.2) is 0 Å². The van der Waals surface area contributed by atoms with Crippen LogP contribution in [0.1, 0.15) is 35.4 Å². The Morgan fingerprint density at radius 2 is 1.22 bits per heavy atom. The first-order valence-electron chi connectivity index (χ1n) is 16.4. The number of likely N-dealkylation sites (tertiary alicyclic amines) is 2. The third-order valence-electron chi connectivity index (χ3n) is 10.5. The molecule has 0 aromatic heterocycles. The number of phenolic OH excluding ortho intramolecular Hbond substituents is 3. The number of aromatic hydroxyl groups is 3. The smallest absolute Gasteiger partial charge is 0.508 e. The average Bonchev–Trinajstić information content (AvgIpc) is 3.46. The predicted molar refractivity (Wildman–Crippen MR) is 169 cm³/mol. The lowest BCUT2D eigenvalue weighted by molar-refractivity contribution is -0.274. The number of nitrogens with zero attached hydrogens (tertiary/aromatic N) is 2. The lowest BCUT2D eigenvalue weighted by atomic mass is 9.57. The largest absolute Gasteiger partial charge is 0.573 e. The van der Waals surface area contributed by atoms with Gasteiger partial charge in [-0.15, -0.1) is 13.2 Å². The summed E-state index contributed by atoms with van der Waals surface area (Å²) >= 11 is 0. The summed E-state index contributed by atoms with van der Waals surface area (Å²) < 4.78 is 43.9. The Kier molecular flexibility index (Phi) is 8.31. The zero-order valence-electron chi connectivity index (χ0n) is 26.5. The lowest BCUT2D eigenvalue weighted by Gasteiger charge is -2.44. The van der Waals surface area contributed by atoms with Crippen LogP contribution >= 0.6 is 0 Å². The highest BCUT2D eigenvalue weighted by molar-refractivity contribution is 6.08. The number of halogens is 3. The van der Waals surface area contributed by atoms with E-state index in [2.05, 4.69) is 4.74 Å². The fraction of sp³-hybridized carbons (Fsp3) is 0.351. The highest BCUT2D eigenvalue weighted by Crippen LogP contribution is 2.59. The Bertz CT molecular complexity index is 1890. The summed E-state index contributed by atoms with van der Waals surface area (Å²) in [5.41, 5.74) is 2.04. The molecule has 3 fully saturated rings. The van der Waals surface area contributed by atoms with E-state index in [0.29, 0.717) is 12.0 Å². The summed E-state index contributed by atoms with van der Waals surface area (Å²) in [4.78, 5) is 58.2. The van der Waals surface area contributed by atoms with Gasteiger partial charge in [0.05, 0.1) is 23.7 Å². The summed E-state index contributed by atoms with van der Waals surface area (Å²) in [6.07, 6.45) is -2.46. The lowest BCUT2D eigenvalue weighted by Crippen LogP contribution is -2.43. The summed E-state index contributed by atoms with van der Waals surface area (Å²) in [6, 6.07) is 15.7. The van der Waals surface area contributed by atoms with E-state index in [1.165, 1.54) is 29.2 Å². The van der Waals surface area contributed by atoms with Gasteiger partial charge in [0.15, 0.2) is 0 Å². The number of allylic oxidation sites excluding steroid dienone is 2. The predicted octanol–water partition coefficient (Wildman–Crippen LogP) is 4.82. The van der Waals surface area contributed by atoms with Gasteiger partial charge in [0.1, 0.15) is 23.0 Å². The van der Waals surface area contributed by atoms with Gasteiger partial charge in [-0.05, 0) is 85.2 Å². The molecule has 2 heterocycles. The van der Waals surface area contributed by atoms with Crippen LogP contribution < -0.4 is 4.74 Å². The number of carbonyl (C=O) groups excluding carboxylic acids is 4. The number of phenols is 3. The van der Waals surface area contributed by atoms with Crippen molar-refractivity contribution < 1.29 is 52.4 Å². The zero-order chi connectivity index (χ0) is 35.5. The van der Waals surface area contributed by atoms with Crippen molar-refractivity contribution in [2.45, 2.75) is 38.0 Å². The molecular weight excluding hydrogens is 657 g/mol. The van der Waals surface area contributed by atoms with E-state index in [1.807, 2.05) is 0 Å². The van der Waals surface area contributed by atoms with E-state index in [4.69, 9.17) is 0 Å². The molecule has 4 amide bonds. The van der Waals surface area contributed by atoms with E-state index >= 15 is 0 Å². The average molecular weight is 691 g/mol. The van der Waals surface area contributed by atoms with Gasteiger partial charge in [0.25, 0.3) is 0 Å². The molecule has 4 aliphatic rings. The van der Waals surface area contributed by atoms with E-state index in [-0.39, 0.29) is 55.3 Å². The molecule has 10 nitrogen and oxygen atoms in total. The third-order valence-corrected chi connectivity index (χ3v) is 10.5. The van der Waals surface area contributed by atoms with Crippen LogP contribution in [0.25, 0.3) is 0 Å². The fourth-order valence-electron chi connectivity index (χ4n) is 8.29. The number of fused-ring (bicyclic) bond motifs is 4. The Labute approximate surface area is 284 Å². The quantitative estimate of drug-likeness (QED) is 0.226. The maximum Gasteiger partial charge on any atom is 0.573 e. The Balaban J connectivity index is 1.23. The molecule has 1 saturated carbocycles. The summed E-state index contributed by atoms with van der Waals surface area (Å²) in [5.74, 6) is -8.11. The Morgan fingerprint density at radius 3 is 1.78 bits per heavy atom. The van der Waals surface area contributed by atoms with Gasteiger partial charge in [-0.1, -0.05) is 35.9 Å². The normalized spacial score (nSPS) is 26.1. The molecule has 2 aliphatic carbocycles. The number of benzene rings is 3. The molecule has 2 saturated heterocycles. The number of alkyl halides is 3. The molecule has 0 unspecified atom stereocenters. The van der Waals surface area contributed by atoms with Crippen molar-refractivity contribution in [2.24, 2.45) is 29.6 Å². The minimum Gasteiger partial charge on any atom is -0.508 e. The first-order chi connectivity index (χ1) is 23.8. The number of rotatable bonds is 8. The van der Waals surface area contributed by atoms with Crippen molar-refractivity contribution >= 4 is 23.6 Å². The molecule has 3 aromatic carbocycles. The van der Waals surface area contributed by atoms with Gasteiger partial charge < -0.3 is 20.1 Å². The molecule has 50 heavy (non-hydrogen) atoms. The minimum absolute atomic E-state index is 0.00356. The first kappa shape index (κ1) is 33.2. The Hall–Kier alpha value is -5.33. The second kappa shape index (κ2) is 12.5. The molecule has 13 heteroatoms. The monoisotopic (exact) mass is 690 g/mol. The van der Waals surface area contributed by atoms with Crippen LogP contribution in [0.3, 0.4) is 0 Å². The topological polar surface area (TPSA) is 145 Å². The minimum atomic E-state index is -5.03. The molecule has 0 spiro atoms. The Morgan fingerprint density at radius 1 is 0.680 bits per heavy atom. The van der Waals surface area contributed by atoms with Crippen LogP contribution in [-0.2, 0) is 32.0 Å². The highest BCUT2D eigenvalue weighted by atomic mass is 19.4. The molecule has 0 radical (unpaired) electrons. The standard InChI is InChI=1S/C37H33F3N2O8/c38-37(39,40)50-23-9-12-29(45)27(17-23)30-24-10-11-25-31(35(48)41(33(25)46)15-13-19-1-5-21(43)6-2-19)26(24)18-28-32(30)36(49)42(34(28)47)16-14-20-3-7-22(44)8-4-20/h1-10,12,17,25-26,28,30-32,43-45H,11,13-16,18H2/t25-,26+,28+,30+,31-,32+/m0/s1. The van der Waals surface area contributed by atoms with Gasteiger partial charge in [0, 0.05) is 24.6 Å². The maximum atomic E-state index is 14.1. The first-order valence-corrected chi connectivity index (χ1v) is 16.4. The van der Waals surface area contributed by atoms with Gasteiger partial charge in [-0.2, -0.15) is 0 Å². The molecule has 3 aromatic rings. The number of hydrogen-bond donors (Lipinski definition) is 3. The molecule has 2 aliphatic heterocycles. The van der Waals surface area contributed by atoms with Crippen molar-refractivity contribution in [3.63, 3.8) is 0 Å². The van der Waals surface area contributed by atoms with Crippen molar-refractivity contribution in [1.82, 2.24) is 9.80 Å². The molecular formula is C37H33F3N2O8. The molecule has 3 N–H and O–H groups in total. The molecule has 7 rings (SSSR count). The van der Waals surface area contributed by atoms with E-state index < -0.39 is 71.1 Å². The molecule has 6 atom stereocenters. The number of hydrogen-bond acceptors (Lipinski definition) is 8. The van der Waals surface area contributed by atoms with Crippen LogP contribution in [0.5, 0.6) is 23.0 Å². The number of imide groups is 2. The van der Waals surface area contributed by atoms with Crippen molar-refractivity contribution in [1.29, 1.82) is 0 Å². The SMILES string of the molecule is O=C1[C@H]2[C@H](CC=C3[C@H]2C[C@H]2C(=O)N(CCc4ccc(O)cc4)C(=O)[C@H]2[C@H]3c2cc(OC(F)(F)F)ccc2O)C(=O)N1CCc1ccc(O)cc1. The van der Waals surface area contributed by atoms with Gasteiger partial charge >= 0.3 is 6.36 Å². The van der Waals surface area contributed by atoms with Crippen molar-refractivity contribution in [2.75, 3.05) is 13.1 Å². The highest BCUT2D eigenvalue weighted by Gasteiger charge is 2.62. The van der Waals surface area contributed by atoms with Crippen LogP contribution in [0.4, 0.5) is 13.2 Å². The van der Waals surface area contributed by atoms with Crippen molar-refractivity contribution in [3.8, 4) is 23.0 Å². The van der Waals surface area contributed by atoms with Gasteiger partial charge in [0.2, 0.25) is 23.6 Å². The summed E-state index contributed by atoms with van der Waals surface area (Å²) in [7, 11) is 0. The zero-order valence-corrected chi connectivity index (χ0v) is 26.5. The maximum absolute atomic E-state index is 14.1. The van der Waals surface area contributed by atoms with Crippen LogP contribution in [0, 0.1) is 29.6 Å². The van der Waals surface area contributed by atoms with Gasteiger partial charge in [-0.3, -0.25) is 29.0 Å². The number of carbonyl (C=O) groups is 4. The molecule has 260 valence electrons. The molecule has 0 bridgehead atoms. The fourth-order valence-corrected chi connectivity index (χ4v) is 8.29. The van der Waals surface area contributed by atoms with Crippen molar-refractivity contribution in [3.05, 3.63) is 95.1 Å². The third kappa shape index (κ3) is 5.94. The van der Waals surface area contributed by atoms with E-state index in [9.17, 15) is 47.7 Å². The summed E-state index contributed by atoms with van der Waals surface area (Å²) in [5, 5.41) is 30.3. The number of ether oxygens (including phenoxy) is 1. The van der Waals surface area contributed by atoms with Crippen LogP contribution in [0.2, 0.25) is 0 Å². The number of amides is 4. The van der Waals surface area contributed by atoms with Crippen LogP contribution in [-0.4, -0.2) is 68.2 Å². The van der Waals surface area contributed by atoms with Crippen LogP contribution in [0.15, 0.2) is 78.4 Å². The van der Waals surface area contributed by atoms with E-state index in [1.54, 1.807) is 30.3 Å². The van der Waals surface area contributed by atoms with E-state index in [0.717, 1.165) is 34.2 Å². The second-order valence-electron chi connectivity index (χ2n) is 13.3. The summed E-state index contributed by atoms with van der Waals surface area (Å²) in [6.45, 7) is 0.0939. The second-order valence-corrected chi connectivity index (χ2v) is 13.3.